The van der Waals surface area contributed by atoms with E-state index in [1.165, 1.54) is 6.92 Å². The van der Waals surface area contributed by atoms with Crippen LogP contribution in [0.25, 0.3) is 0 Å². The molecule has 1 aromatic rings. The van der Waals surface area contributed by atoms with Crippen molar-refractivity contribution in [2.45, 2.75) is 13.0 Å². The van der Waals surface area contributed by atoms with Crippen molar-refractivity contribution >= 4 is 29.2 Å². The third-order valence-electron chi connectivity index (χ3n) is 1.56. The number of aliphatic carboxylic acids is 1. The Kier molecular flexibility index (Phi) is 3.61. The van der Waals surface area contributed by atoms with E-state index < -0.39 is 12.1 Å². The lowest BCUT2D eigenvalue weighted by Crippen LogP contribution is -2.23. The van der Waals surface area contributed by atoms with Crippen LogP contribution in [0, 0.1) is 0 Å². The van der Waals surface area contributed by atoms with E-state index >= 15 is 0 Å². The van der Waals surface area contributed by atoms with Crippen LogP contribution in [0.3, 0.4) is 0 Å². The Morgan fingerprint density at radius 2 is 1.93 bits per heavy atom. The van der Waals surface area contributed by atoms with Gasteiger partial charge in [0.15, 0.2) is 11.9 Å². The van der Waals surface area contributed by atoms with E-state index in [1.54, 1.807) is 18.2 Å². The molecule has 0 fully saturated rings. The van der Waals surface area contributed by atoms with Crippen LogP contribution in [0.5, 0.6) is 5.75 Å². The fraction of sp³-hybridized carbons (Fsp3) is 0.222. The first-order chi connectivity index (χ1) is 6.52. The van der Waals surface area contributed by atoms with Gasteiger partial charge in [-0.15, -0.1) is 0 Å². The summed E-state index contributed by atoms with van der Waals surface area (Å²) >= 11 is 11.6. The standard InChI is InChI=1S/C9H8Cl2O3/c1-5(9(12)13)14-8-6(10)3-2-4-7(8)11/h2-5H,1H3,(H,12,13). The number of benzene rings is 1. The molecule has 0 aliphatic rings. The van der Waals surface area contributed by atoms with Crippen LogP contribution in [0.15, 0.2) is 18.2 Å². The van der Waals surface area contributed by atoms with Crippen molar-refractivity contribution in [3.63, 3.8) is 0 Å². The predicted octanol–water partition coefficient (Wildman–Crippen LogP) is 2.85. The molecular weight excluding hydrogens is 227 g/mol. The highest BCUT2D eigenvalue weighted by atomic mass is 35.5. The largest absolute Gasteiger partial charge is 0.479 e. The molecule has 0 bridgehead atoms. The molecule has 14 heavy (non-hydrogen) atoms. The molecule has 3 nitrogen and oxygen atoms in total. The Balaban J connectivity index is 2.91. The summed E-state index contributed by atoms with van der Waals surface area (Å²) < 4.78 is 5.07. The molecule has 0 aromatic heterocycles. The van der Waals surface area contributed by atoms with Gasteiger partial charge in [0.1, 0.15) is 0 Å². The molecule has 1 rings (SSSR count). The van der Waals surface area contributed by atoms with Gasteiger partial charge in [-0.3, -0.25) is 0 Å². The SMILES string of the molecule is CC(Oc1c(Cl)cccc1Cl)C(=O)O. The maximum atomic E-state index is 10.5. The Labute approximate surface area is 91.2 Å². The molecule has 0 spiro atoms. The summed E-state index contributed by atoms with van der Waals surface area (Å²) in [6.07, 6.45) is -0.979. The molecule has 0 saturated heterocycles. The van der Waals surface area contributed by atoms with Crippen molar-refractivity contribution in [2.75, 3.05) is 0 Å². The van der Waals surface area contributed by atoms with Gasteiger partial charge < -0.3 is 9.84 Å². The number of hydrogen-bond acceptors (Lipinski definition) is 2. The molecule has 0 heterocycles. The smallest absolute Gasteiger partial charge is 0.344 e. The first-order valence-electron chi connectivity index (χ1n) is 3.86. The first kappa shape index (κ1) is 11.1. The van der Waals surface area contributed by atoms with Crippen molar-refractivity contribution in [3.05, 3.63) is 28.2 Å². The zero-order valence-electron chi connectivity index (χ0n) is 7.33. The van der Waals surface area contributed by atoms with Crippen LogP contribution in [-0.2, 0) is 4.79 Å². The van der Waals surface area contributed by atoms with Crippen LogP contribution in [0.2, 0.25) is 10.0 Å². The van der Waals surface area contributed by atoms with E-state index in [-0.39, 0.29) is 5.75 Å². The second kappa shape index (κ2) is 4.53. The normalized spacial score (nSPS) is 12.2. The summed E-state index contributed by atoms with van der Waals surface area (Å²) in [5, 5.41) is 9.21. The zero-order valence-corrected chi connectivity index (χ0v) is 8.84. The van der Waals surface area contributed by atoms with E-state index in [2.05, 4.69) is 0 Å². The molecule has 0 saturated carbocycles. The van der Waals surface area contributed by atoms with E-state index in [1.807, 2.05) is 0 Å². The fourth-order valence-corrected chi connectivity index (χ4v) is 1.31. The Morgan fingerprint density at radius 1 is 1.43 bits per heavy atom. The monoisotopic (exact) mass is 234 g/mol. The van der Waals surface area contributed by atoms with Crippen LogP contribution < -0.4 is 4.74 Å². The minimum Gasteiger partial charge on any atom is -0.479 e. The first-order valence-corrected chi connectivity index (χ1v) is 4.61. The maximum Gasteiger partial charge on any atom is 0.344 e. The van der Waals surface area contributed by atoms with Crippen LogP contribution >= 0.6 is 23.2 Å². The molecule has 0 aliphatic heterocycles. The number of ether oxygens (including phenoxy) is 1. The number of carboxylic acid groups (broad SMARTS) is 1. The molecule has 1 unspecified atom stereocenters. The van der Waals surface area contributed by atoms with Crippen molar-refractivity contribution in [1.82, 2.24) is 0 Å². The van der Waals surface area contributed by atoms with Gasteiger partial charge >= 0.3 is 5.97 Å². The summed E-state index contributed by atoms with van der Waals surface area (Å²) in [4.78, 5) is 10.5. The van der Waals surface area contributed by atoms with Crippen molar-refractivity contribution in [3.8, 4) is 5.75 Å². The number of halogens is 2. The van der Waals surface area contributed by atoms with Gasteiger partial charge in [0.05, 0.1) is 10.0 Å². The van der Waals surface area contributed by atoms with E-state index in [4.69, 9.17) is 33.0 Å². The molecule has 0 aliphatic carbocycles. The predicted molar refractivity (Wildman–Crippen MR) is 54.2 cm³/mol. The topological polar surface area (TPSA) is 46.5 Å². The van der Waals surface area contributed by atoms with E-state index in [0.717, 1.165) is 0 Å². The van der Waals surface area contributed by atoms with Crippen molar-refractivity contribution in [1.29, 1.82) is 0 Å². The van der Waals surface area contributed by atoms with Gasteiger partial charge in [-0.2, -0.15) is 0 Å². The van der Waals surface area contributed by atoms with Gasteiger partial charge in [-0.25, -0.2) is 4.79 Å². The average molecular weight is 235 g/mol. The molecule has 0 amide bonds. The second-order valence-electron chi connectivity index (χ2n) is 2.65. The van der Waals surface area contributed by atoms with Crippen LogP contribution in [-0.4, -0.2) is 17.2 Å². The highest BCUT2D eigenvalue weighted by molar-refractivity contribution is 6.37. The Morgan fingerprint density at radius 3 is 2.36 bits per heavy atom. The van der Waals surface area contributed by atoms with Crippen LogP contribution in [0.1, 0.15) is 6.92 Å². The molecule has 1 aromatic carbocycles. The molecule has 0 radical (unpaired) electrons. The Hall–Kier alpha value is -0.930. The van der Waals surface area contributed by atoms with Crippen LogP contribution in [0.4, 0.5) is 0 Å². The fourth-order valence-electron chi connectivity index (χ4n) is 0.822. The minimum absolute atomic E-state index is 0.200. The lowest BCUT2D eigenvalue weighted by atomic mass is 10.3. The van der Waals surface area contributed by atoms with E-state index in [0.29, 0.717) is 10.0 Å². The molecule has 5 heteroatoms. The number of hydrogen-bond donors (Lipinski definition) is 1. The van der Waals surface area contributed by atoms with Crippen molar-refractivity contribution < 1.29 is 14.6 Å². The number of rotatable bonds is 3. The number of carboxylic acids is 1. The third-order valence-corrected chi connectivity index (χ3v) is 2.16. The summed E-state index contributed by atoms with van der Waals surface area (Å²) in [7, 11) is 0. The summed E-state index contributed by atoms with van der Waals surface area (Å²) in [6, 6.07) is 4.82. The summed E-state index contributed by atoms with van der Waals surface area (Å²) in [5.41, 5.74) is 0. The highest BCUT2D eigenvalue weighted by Gasteiger charge is 2.16. The Bertz CT molecular complexity index is 332. The second-order valence-corrected chi connectivity index (χ2v) is 3.46. The highest BCUT2D eigenvalue weighted by Crippen LogP contribution is 2.32. The van der Waals surface area contributed by atoms with Gasteiger partial charge in [0.25, 0.3) is 0 Å². The molecule has 1 N–H and O–H groups in total. The molecular formula is C9H8Cl2O3. The molecule has 76 valence electrons. The zero-order chi connectivity index (χ0) is 10.7. The van der Waals surface area contributed by atoms with E-state index in [9.17, 15) is 4.79 Å². The van der Waals surface area contributed by atoms with Gasteiger partial charge in [-0.05, 0) is 19.1 Å². The van der Waals surface area contributed by atoms with Gasteiger partial charge in [0, 0.05) is 0 Å². The molecule has 1 atom stereocenters. The number of para-hydroxylation sites is 1. The number of carbonyl (C=O) groups is 1. The summed E-state index contributed by atoms with van der Waals surface area (Å²) in [6.45, 7) is 1.40. The minimum atomic E-state index is -1.07. The van der Waals surface area contributed by atoms with Gasteiger partial charge in [0.2, 0.25) is 0 Å². The lowest BCUT2D eigenvalue weighted by Gasteiger charge is -2.12. The van der Waals surface area contributed by atoms with Crippen molar-refractivity contribution in [2.24, 2.45) is 0 Å². The average Bonchev–Trinajstić information content (AvgIpc) is 2.11. The van der Waals surface area contributed by atoms with Gasteiger partial charge in [-0.1, -0.05) is 29.3 Å². The quantitative estimate of drug-likeness (QED) is 0.876. The lowest BCUT2D eigenvalue weighted by molar-refractivity contribution is -0.144. The maximum absolute atomic E-state index is 10.5. The summed E-state index contributed by atoms with van der Waals surface area (Å²) in [5.74, 6) is -0.869. The third kappa shape index (κ3) is 2.53.